The van der Waals surface area contributed by atoms with Gasteiger partial charge in [0, 0.05) is 24.7 Å². The molecule has 2 rings (SSSR count). The summed E-state index contributed by atoms with van der Waals surface area (Å²) in [5.74, 6) is 0. The summed E-state index contributed by atoms with van der Waals surface area (Å²) in [6, 6.07) is 4.53. The number of nitro benzene ring substituents is 1. The molecular formula is C12H14N2O4. The quantitative estimate of drug-likeness (QED) is 0.463. The molecule has 1 aliphatic heterocycles. The van der Waals surface area contributed by atoms with Crippen LogP contribution in [0.1, 0.15) is 17.3 Å². The summed E-state index contributed by atoms with van der Waals surface area (Å²) in [5, 5.41) is 11.0. The fraction of sp³-hybridized carbons (Fsp3) is 0.417. The topological polar surface area (TPSA) is 72.7 Å². The van der Waals surface area contributed by atoms with Crippen molar-refractivity contribution in [3.63, 3.8) is 0 Å². The number of carbonyl (C=O) groups is 1. The van der Waals surface area contributed by atoms with E-state index in [9.17, 15) is 14.9 Å². The first-order valence-corrected chi connectivity index (χ1v) is 5.72. The second-order valence-electron chi connectivity index (χ2n) is 4.25. The number of hydrogen-bond donors (Lipinski definition) is 0. The van der Waals surface area contributed by atoms with Crippen molar-refractivity contribution < 1.29 is 14.5 Å². The molecule has 96 valence electrons. The minimum absolute atomic E-state index is 0.0336. The molecule has 1 heterocycles. The highest BCUT2D eigenvalue weighted by Gasteiger charge is 2.24. The van der Waals surface area contributed by atoms with Crippen molar-refractivity contribution in [2.75, 3.05) is 24.6 Å². The van der Waals surface area contributed by atoms with Crippen LogP contribution in [0.4, 0.5) is 11.4 Å². The number of anilines is 1. The minimum atomic E-state index is -0.456. The van der Waals surface area contributed by atoms with Crippen molar-refractivity contribution in [1.82, 2.24) is 0 Å². The number of morpholine rings is 1. The maximum atomic E-state index is 11.0. The van der Waals surface area contributed by atoms with Crippen molar-refractivity contribution in [3.05, 3.63) is 33.9 Å². The maximum Gasteiger partial charge on any atom is 0.293 e. The molecule has 6 nitrogen and oxygen atoms in total. The molecule has 6 heteroatoms. The Hall–Kier alpha value is -1.95. The van der Waals surface area contributed by atoms with Crippen LogP contribution in [0.5, 0.6) is 0 Å². The third-order valence-electron chi connectivity index (χ3n) is 2.91. The number of ether oxygens (including phenoxy) is 1. The summed E-state index contributed by atoms with van der Waals surface area (Å²) < 4.78 is 5.41. The summed E-state index contributed by atoms with van der Waals surface area (Å²) in [5.41, 5.74) is 0.821. The van der Waals surface area contributed by atoms with Crippen LogP contribution in [-0.4, -0.2) is 37.0 Å². The second-order valence-corrected chi connectivity index (χ2v) is 4.25. The van der Waals surface area contributed by atoms with Crippen LogP contribution in [0.25, 0.3) is 0 Å². The first kappa shape index (κ1) is 12.5. The molecule has 1 aromatic carbocycles. The van der Waals surface area contributed by atoms with E-state index in [0.29, 0.717) is 37.2 Å². The largest absolute Gasteiger partial charge is 0.375 e. The highest BCUT2D eigenvalue weighted by Crippen LogP contribution is 2.30. The van der Waals surface area contributed by atoms with Crippen molar-refractivity contribution in [3.8, 4) is 0 Å². The number of benzene rings is 1. The SMILES string of the molecule is C[C@H]1CN(c2ccc(C=O)cc2[N+](=O)[O-])CCO1. The lowest BCUT2D eigenvalue weighted by Gasteiger charge is -2.32. The maximum absolute atomic E-state index is 11.0. The van der Waals surface area contributed by atoms with Crippen LogP contribution in [-0.2, 0) is 4.74 Å². The van der Waals surface area contributed by atoms with E-state index in [1.165, 1.54) is 6.07 Å². The third-order valence-corrected chi connectivity index (χ3v) is 2.91. The minimum Gasteiger partial charge on any atom is -0.375 e. The smallest absolute Gasteiger partial charge is 0.293 e. The molecule has 0 amide bonds. The molecule has 1 fully saturated rings. The lowest BCUT2D eigenvalue weighted by molar-refractivity contribution is -0.384. The van der Waals surface area contributed by atoms with Crippen LogP contribution in [0.3, 0.4) is 0 Å². The van der Waals surface area contributed by atoms with E-state index in [4.69, 9.17) is 4.74 Å². The predicted octanol–water partition coefficient (Wildman–Crippen LogP) is 1.63. The van der Waals surface area contributed by atoms with Gasteiger partial charge in [0.15, 0.2) is 0 Å². The van der Waals surface area contributed by atoms with Gasteiger partial charge in [-0.25, -0.2) is 0 Å². The van der Waals surface area contributed by atoms with Crippen molar-refractivity contribution in [2.24, 2.45) is 0 Å². The Morgan fingerprint density at radius 3 is 2.94 bits per heavy atom. The summed E-state index contributed by atoms with van der Waals surface area (Å²) in [4.78, 5) is 23.2. The Bertz CT molecular complexity index is 475. The Morgan fingerprint density at radius 1 is 1.56 bits per heavy atom. The van der Waals surface area contributed by atoms with Crippen LogP contribution in [0, 0.1) is 10.1 Å². The van der Waals surface area contributed by atoms with Crippen LogP contribution < -0.4 is 4.90 Å². The molecule has 0 unspecified atom stereocenters. The van der Waals surface area contributed by atoms with Gasteiger partial charge in [-0.2, -0.15) is 0 Å². The normalized spacial score (nSPS) is 19.6. The number of aldehydes is 1. The Labute approximate surface area is 104 Å². The summed E-state index contributed by atoms with van der Waals surface area (Å²) in [6.07, 6.45) is 0.655. The molecule has 1 atom stereocenters. The number of nitro groups is 1. The highest BCUT2D eigenvalue weighted by molar-refractivity contribution is 5.79. The van der Waals surface area contributed by atoms with Crippen LogP contribution in [0.2, 0.25) is 0 Å². The van der Waals surface area contributed by atoms with Gasteiger partial charge in [-0.3, -0.25) is 14.9 Å². The first-order chi connectivity index (χ1) is 8.61. The fourth-order valence-electron chi connectivity index (χ4n) is 2.06. The number of rotatable bonds is 3. The number of nitrogens with zero attached hydrogens (tertiary/aromatic N) is 2. The van der Waals surface area contributed by atoms with E-state index in [0.717, 1.165) is 0 Å². The van der Waals surface area contributed by atoms with Gasteiger partial charge >= 0.3 is 0 Å². The van der Waals surface area contributed by atoms with Crippen molar-refractivity contribution in [1.29, 1.82) is 0 Å². The van der Waals surface area contributed by atoms with Gasteiger partial charge in [0.25, 0.3) is 5.69 Å². The third kappa shape index (κ3) is 2.48. The van der Waals surface area contributed by atoms with Gasteiger partial charge in [0.1, 0.15) is 12.0 Å². The summed E-state index contributed by atoms with van der Waals surface area (Å²) >= 11 is 0. The van der Waals surface area contributed by atoms with Gasteiger partial charge in [-0.05, 0) is 19.1 Å². The predicted molar refractivity (Wildman–Crippen MR) is 66.1 cm³/mol. The van der Waals surface area contributed by atoms with E-state index >= 15 is 0 Å². The van der Waals surface area contributed by atoms with E-state index in [2.05, 4.69) is 0 Å². The second kappa shape index (κ2) is 5.14. The molecule has 0 radical (unpaired) electrons. The molecule has 18 heavy (non-hydrogen) atoms. The molecular weight excluding hydrogens is 236 g/mol. The Morgan fingerprint density at radius 2 is 2.33 bits per heavy atom. The average molecular weight is 250 g/mol. The summed E-state index contributed by atoms with van der Waals surface area (Å²) in [7, 11) is 0. The van der Waals surface area contributed by atoms with Crippen molar-refractivity contribution in [2.45, 2.75) is 13.0 Å². The average Bonchev–Trinajstić information content (AvgIpc) is 2.38. The number of hydrogen-bond acceptors (Lipinski definition) is 5. The molecule has 0 aliphatic carbocycles. The molecule has 0 aromatic heterocycles. The molecule has 0 N–H and O–H groups in total. The highest BCUT2D eigenvalue weighted by atomic mass is 16.6. The fourth-order valence-corrected chi connectivity index (χ4v) is 2.06. The Kier molecular flexibility index (Phi) is 3.57. The van der Waals surface area contributed by atoms with Gasteiger partial charge < -0.3 is 9.64 Å². The molecule has 1 aromatic rings. The van der Waals surface area contributed by atoms with Gasteiger partial charge in [0.2, 0.25) is 0 Å². The van der Waals surface area contributed by atoms with Gasteiger partial charge in [-0.15, -0.1) is 0 Å². The van der Waals surface area contributed by atoms with Gasteiger partial charge in [0.05, 0.1) is 17.6 Å². The molecule has 0 bridgehead atoms. The van der Waals surface area contributed by atoms with E-state index in [1.54, 1.807) is 12.1 Å². The molecule has 0 saturated carbocycles. The number of carbonyl (C=O) groups excluding carboxylic acids is 1. The zero-order valence-electron chi connectivity index (χ0n) is 10.0. The monoisotopic (exact) mass is 250 g/mol. The van der Waals surface area contributed by atoms with E-state index in [1.807, 2.05) is 11.8 Å². The van der Waals surface area contributed by atoms with Crippen LogP contribution >= 0.6 is 0 Å². The first-order valence-electron chi connectivity index (χ1n) is 5.72. The zero-order chi connectivity index (χ0) is 13.1. The zero-order valence-corrected chi connectivity index (χ0v) is 10.0. The van der Waals surface area contributed by atoms with Crippen molar-refractivity contribution >= 4 is 17.7 Å². The molecule has 1 saturated heterocycles. The lowest BCUT2D eigenvalue weighted by atomic mass is 10.1. The summed E-state index contributed by atoms with van der Waals surface area (Å²) in [6.45, 7) is 3.71. The molecule has 0 spiro atoms. The molecule has 1 aliphatic rings. The lowest BCUT2D eigenvalue weighted by Crippen LogP contribution is -2.41. The standard InChI is InChI=1S/C12H14N2O4/c1-9-7-13(4-5-18-9)11-3-2-10(8-15)6-12(11)14(16)17/h2-3,6,8-9H,4-5,7H2,1H3/t9-/m0/s1. The van der Waals surface area contributed by atoms with E-state index in [-0.39, 0.29) is 11.8 Å². The van der Waals surface area contributed by atoms with Gasteiger partial charge in [-0.1, -0.05) is 0 Å². The van der Waals surface area contributed by atoms with Crippen LogP contribution in [0.15, 0.2) is 18.2 Å². The van der Waals surface area contributed by atoms with E-state index < -0.39 is 4.92 Å². The Balaban J connectivity index is 2.36.